The first-order chi connectivity index (χ1) is 15.4. The molecule has 1 fully saturated rings. The first-order valence-corrected chi connectivity index (χ1v) is 10.5. The Morgan fingerprint density at radius 2 is 2.00 bits per heavy atom. The van der Waals surface area contributed by atoms with Crippen LogP contribution in [0.1, 0.15) is 22.9 Å². The zero-order chi connectivity index (χ0) is 22.8. The minimum absolute atomic E-state index is 0.0427. The molecule has 1 atom stereocenters. The molecule has 1 amide bonds. The second-order valence-electron chi connectivity index (χ2n) is 7.14. The summed E-state index contributed by atoms with van der Waals surface area (Å²) in [4.78, 5) is 27.4. The van der Waals surface area contributed by atoms with Crippen LogP contribution < -0.4 is 9.64 Å². The monoisotopic (exact) mass is 494 g/mol. The standard InChI is InChI=1S/C24H19BrN2O5/c1-3-11-31-18-6-4-5-16(13-18)21-20(22(28)15-7-9-17(25)10-8-15)23(29)24(30)27(21)19-12-14(2)32-26-19/h3-10,12-13,21,28H,1,11H2,2H3/b22-20+/t21-/m1/s1. The third-order valence-electron chi connectivity index (χ3n) is 4.97. The minimum Gasteiger partial charge on any atom is -0.507 e. The van der Waals surface area contributed by atoms with E-state index in [-0.39, 0.29) is 17.2 Å². The van der Waals surface area contributed by atoms with Gasteiger partial charge in [0, 0.05) is 16.1 Å². The van der Waals surface area contributed by atoms with Crippen LogP contribution in [0.2, 0.25) is 0 Å². The van der Waals surface area contributed by atoms with Crippen molar-refractivity contribution < 1.29 is 24.0 Å². The summed E-state index contributed by atoms with van der Waals surface area (Å²) in [5.74, 6) is -0.694. The minimum atomic E-state index is -0.921. The van der Waals surface area contributed by atoms with E-state index >= 15 is 0 Å². The Kier molecular flexibility index (Phi) is 5.96. The van der Waals surface area contributed by atoms with Gasteiger partial charge in [-0.2, -0.15) is 0 Å². The highest BCUT2D eigenvalue weighted by molar-refractivity contribution is 9.10. The van der Waals surface area contributed by atoms with Crippen LogP contribution in [-0.4, -0.2) is 28.6 Å². The molecule has 2 aromatic carbocycles. The molecule has 1 N–H and O–H groups in total. The fourth-order valence-electron chi connectivity index (χ4n) is 3.54. The van der Waals surface area contributed by atoms with Crippen LogP contribution in [0.4, 0.5) is 5.82 Å². The largest absolute Gasteiger partial charge is 0.507 e. The zero-order valence-corrected chi connectivity index (χ0v) is 18.7. The molecular weight excluding hydrogens is 476 g/mol. The number of carbonyl (C=O) groups excluding carboxylic acids is 2. The van der Waals surface area contributed by atoms with Crippen LogP contribution in [0, 0.1) is 6.92 Å². The van der Waals surface area contributed by atoms with Gasteiger partial charge in [-0.3, -0.25) is 14.5 Å². The van der Waals surface area contributed by atoms with E-state index in [1.165, 1.54) is 4.90 Å². The van der Waals surface area contributed by atoms with Crippen LogP contribution in [0.15, 0.2) is 81.8 Å². The van der Waals surface area contributed by atoms with E-state index in [2.05, 4.69) is 27.7 Å². The van der Waals surface area contributed by atoms with Crippen molar-refractivity contribution in [2.45, 2.75) is 13.0 Å². The van der Waals surface area contributed by atoms with Gasteiger partial charge in [0.1, 0.15) is 23.9 Å². The molecule has 0 aliphatic carbocycles. The average molecular weight is 495 g/mol. The number of aliphatic hydroxyl groups is 1. The molecule has 0 unspecified atom stereocenters. The first kappa shape index (κ1) is 21.6. The summed E-state index contributed by atoms with van der Waals surface area (Å²) in [5.41, 5.74) is 0.940. The van der Waals surface area contributed by atoms with Crippen LogP contribution >= 0.6 is 15.9 Å². The number of halogens is 1. The van der Waals surface area contributed by atoms with Gasteiger partial charge < -0.3 is 14.4 Å². The number of hydrogen-bond acceptors (Lipinski definition) is 6. The van der Waals surface area contributed by atoms with E-state index in [4.69, 9.17) is 9.26 Å². The molecule has 32 heavy (non-hydrogen) atoms. The van der Waals surface area contributed by atoms with Gasteiger partial charge in [-0.25, -0.2) is 0 Å². The van der Waals surface area contributed by atoms with E-state index in [1.807, 2.05) is 0 Å². The number of ketones is 1. The normalized spacial score (nSPS) is 17.6. The molecule has 0 bridgehead atoms. The molecule has 0 spiro atoms. The van der Waals surface area contributed by atoms with Crippen molar-refractivity contribution >= 4 is 39.2 Å². The molecule has 162 valence electrons. The summed E-state index contributed by atoms with van der Waals surface area (Å²) in [6.45, 7) is 5.62. The Morgan fingerprint density at radius 1 is 1.25 bits per heavy atom. The fraction of sp³-hybridized carbons (Fsp3) is 0.125. The number of aromatic nitrogens is 1. The number of aliphatic hydroxyl groups excluding tert-OH is 1. The molecule has 2 heterocycles. The number of anilines is 1. The molecule has 1 aliphatic rings. The quantitative estimate of drug-likeness (QED) is 0.226. The maximum absolute atomic E-state index is 13.1. The molecule has 0 radical (unpaired) electrons. The Bertz CT molecular complexity index is 1230. The lowest BCUT2D eigenvalue weighted by molar-refractivity contribution is -0.132. The summed E-state index contributed by atoms with van der Waals surface area (Å²) < 4.78 is 11.6. The van der Waals surface area contributed by atoms with Crippen molar-refractivity contribution in [3.63, 3.8) is 0 Å². The first-order valence-electron chi connectivity index (χ1n) is 9.74. The number of Topliss-reactive ketones (excluding diaryl/α,β-unsaturated/α-hetero) is 1. The summed E-state index contributed by atoms with van der Waals surface area (Å²) in [6, 6.07) is 14.4. The molecule has 1 aliphatic heterocycles. The van der Waals surface area contributed by atoms with Crippen molar-refractivity contribution in [2.75, 3.05) is 11.5 Å². The predicted octanol–water partition coefficient (Wildman–Crippen LogP) is 4.94. The third-order valence-corrected chi connectivity index (χ3v) is 5.49. The molecule has 3 aromatic rings. The van der Waals surface area contributed by atoms with Gasteiger partial charge in [-0.05, 0) is 36.8 Å². The van der Waals surface area contributed by atoms with E-state index in [9.17, 15) is 14.7 Å². The highest BCUT2D eigenvalue weighted by atomic mass is 79.9. The van der Waals surface area contributed by atoms with E-state index in [0.717, 1.165) is 4.47 Å². The highest BCUT2D eigenvalue weighted by Gasteiger charge is 2.48. The maximum atomic E-state index is 13.1. The Morgan fingerprint density at radius 3 is 2.66 bits per heavy atom. The Hall–Kier alpha value is -3.65. The summed E-state index contributed by atoms with van der Waals surface area (Å²) in [7, 11) is 0. The Balaban J connectivity index is 1.90. The smallest absolute Gasteiger partial charge is 0.301 e. The average Bonchev–Trinajstić information content (AvgIpc) is 3.33. The fourth-order valence-corrected chi connectivity index (χ4v) is 3.81. The van der Waals surface area contributed by atoms with Crippen LogP contribution in [0.3, 0.4) is 0 Å². The molecule has 1 aromatic heterocycles. The number of hydrogen-bond donors (Lipinski definition) is 1. The molecule has 0 saturated carbocycles. The second kappa shape index (κ2) is 8.84. The van der Waals surface area contributed by atoms with E-state index < -0.39 is 17.7 Å². The Labute approximate surface area is 192 Å². The lowest BCUT2D eigenvalue weighted by Gasteiger charge is -2.23. The molecular formula is C24H19BrN2O5. The maximum Gasteiger partial charge on any atom is 0.301 e. The van der Waals surface area contributed by atoms with Crippen LogP contribution in [-0.2, 0) is 9.59 Å². The number of ether oxygens (including phenoxy) is 1. The van der Waals surface area contributed by atoms with Crippen molar-refractivity contribution in [3.8, 4) is 5.75 Å². The van der Waals surface area contributed by atoms with Gasteiger partial charge in [-0.1, -0.05) is 58.0 Å². The van der Waals surface area contributed by atoms with Crippen molar-refractivity contribution in [1.29, 1.82) is 0 Å². The van der Waals surface area contributed by atoms with Crippen LogP contribution in [0.5, 0.6) is 5.75 Å². The van der Waals surface area contributed by atoms with Gasteiger partial charge >= 0.3 is 5.91 Å². The van der Waals surface area contributed by atoms with E-state index in [1.54, 1.807) is 67.6 Å². The number of nitrogens with zero attached hydrogens (tertiary/aromatic N) is 2. The van der Waals surface area contributed by atoms with Gasteiger partial charge in [0.2, 0.25) is 0 Å². The van der Waals surface area contributed by atoms with Gasteiger partial charge in [0.15, 0.2) is 5.82 Å². The zero-order valence-electron chi connectivity index (χ0n) is 17.1. The van der Waals surface area contributed by atoms with E-state index in [0.29, 0.717) is 29.2 Å². The number of rotatable bonds is 6. The number of carbonyl (C=O) groups is 2. The number of aryl methyl sites for hydroxylation is 1. The third kappa shape index (κ3) is 3.97. The van der Waals surface area contributed by atoms with Crippen molar-refractivity contribution in [3.05, 3.63) is 94.2 Å². The van der Waals surface area contributed by atoms with Crippen molar-refractivity contribution in [1.82, 2.24) is 5.16 Å². The lowest BCUT2D eigenvalue weighted by atomic mass is 9.95. The topological polar surface area (TPSA) is 92.9 Å². The lowest BCUT2D eigenvalue weighted by Crippen LogP contribution is -2.29. The molecule has 7 nitrogen and oxygen atoms in total. The highest BCUT2D eigenvalue weighted by Crippen LogP contribution is 2.42. The van der Waals surface area contributed by atoms with Gasteiger partial charge in [0.05, 0.1) is 11.6 Å². The second-order valence-corrected chi connectivity index (χ2v) is 8.06. The molecule has 4 rings (SSSR count). The van der Waals surface area contributed by atoms with Crippen LogP contribution in [0.25, 0.3) is 5.76 Å². The summed E-state index contributed by atoms with van der Waals surface area (Å²) >= 11 is 3.35. The molecule has 8 heteroatoms. The number of amides is 1. The van der Waals surface area contributed by atoms with Gasteiger partial charge in [-0.15, -0.1) is 0 Å². The summed E-state index contributed by atoms with van der Waals surface area (Å²) in [6.07, 6.45) is 1.62. The van der Waals surface area contributed by atoms with Crippen molar-refractivity contribution in [2.24, 2.45) is 0 Å². The predicted molar refractivity (Wildman–Crippen MR) is 122 cm³/mol. The van der Waals surface area contributed by atoms with Gasteiger partial charge in [0.25, 0.3) is 5.78 Å². The molecule has 1 saturated heterocycles. The SMILES string of the molecule is C=CCOc1cccc([C@@H]2/C(=C(\O)c3ccc(Br)cc3)C(=O)C(=O)N2c2cc(C)on2)c1. The number of benzene rings is 2. The summed E-state index contributed by atoms with van der Waals surface area (Å²) in [5, 5.41) is 15.0.